The molecule has 4 rings (SSSR count). The lowest BCUT2D eigenvalue weighted by molar-refractivity contribution is -0.123. The van der Waals surface area contributed by atoms with Crippen LogP contribution in [0, 0.1) is 6.92 Å². The van der Waals surface area contributed by atoms with Gasteiger partial charge in [0.05, 0.1) is 18.6 Å². The Hall–Kier alpha value is -3.98. The fraction of sp³-hybridized carbons (Fsp3) is 0.160. The highest BCUT2D eigenvalue weighted by Gasteiger charge is 2.35. The number of ether oxygens (including phenoxy) is 2. The number of hydrogen-bond acceptors (Lipinski definition) is 7. The molecular weight excluding hydrogens is 458 g/mol. The van der Waals surface area contributed by atoms with Crippen molar-refractivity contribution in [3.05, 3.63) is 87.7 Å². The van der Waals surface area contributed by atoms with Crippen molar-refractivity contribution < 1.29 is 33.4 Å². The maximum Gasteiger partial charge on any atom is 0.371 e. The quantitative estimate of drug-likeness (QED) is 0.444. The molecule has 1 aliphatic rings. The number of aromatic carboxylic acids is 1. The number of benzene rings is 2. The van der Waals surface area contributed by atoms with Gasteiger partial charge < -0.3 is 19.0 Å². The number of thioether (sulfide) groups is 1. The molecule has 3 aromatic rings. The molecule has 0 bridgehead atoms. The summed E-state index contributed by atoms with van der Waals surface area (Å²) in [4.78, 5) is 37.8. The SMILES string of the molecule is COc1cc(C=C2SC(=O)N(Cc3cccc(C)c3)C2=O)ccc1OCc1ccc(C(=O)O)o1. The molecule has 34 heavy (non-hydrogen) atoms. The van der Waals surface area contributed by atoms with Crippen LogP contribution in [0.25, 0.3) is 6.08 Å². The molecule has 9 heteroatoms. The highest BCUT2D eigenvalue weighted by atomic mass is 32.2. The van der Waals surface area contributed by atoms with Gasteiger partial charge in [-0.25, -0.2) is 4.79 Å². The summed E-state index contributed by atoms with van der Waals surface area (Å²) in [5.41, 5.74) is 2.61. The van der Waals surface area contributed by atoms with E-state index in [1.807, 2.05) is 31.2 Å². The van der Waals surface area contributed by atoms with E-state index < -0.39 is 5.97 Å². The van der Waals surface area contributed by atoms with E-state index in [4.69, 9.17) is 19.0 Å². The number of carbonyl (C=O) groups is 3. The van der Waals surface area contributed by atoms with Gasteiger partial charge in [-0.05, 0) is 60.2 Å². The van der Waals surface area contributed by atoms with Gasteiger partial charge in [0.15, 0.2) is 11.5 Å². The Morgan fingerprint density at radius 1 is 1.12 bits per heavy atom. The zero-order chi connectivity index (χ0) is 24.2. The molecule has 1 aliphatic heterocycles. The summed E-state index contributed by atoms with van der Waals surface area (Å²) in [5.74, 6) is -0.486. The van der Waals surface area contributed by atoms with Crippen molar-refractivity contribution in [1.29, 1.82) is 0 Å². The lowest BCUT2D eigenvalue weighted by Gasteiger charge is -2.13. The predicted octanol–water partition coefficient (Wildman–Crippen LogP) is 5.11. The molecule has 8 nitrogen and oxygen atoms in total. The monoisotopic (exact) mass is 479 g/mol. The summed E-state index contributed by atoms with van der Waals surface area (Å²) in [6.07, 6.45) is 1.64. The minimum absolute atomic E-state index is 0.0147. The second kappa shape index (κ2) is 9.88. The van der Waals surface area contributed by atoms with Gasteiger partial charge in [-0.3, -0.25) is 14.5 Å². The van der Waals surface area contributed by atoms with E-state index in [1.165, 1.54) is 24.1 Å². The summed E-state index contributed by atoms with van der Waals surface area (Å²) in [6, 6.07) is 15.7. The van der Waals surface area contributed by atoms with Gasteiger partial charge in [-0.1, -0.05) is 35.9 Å². The largest absolute Gasteiger partial charge is 0.493 e. The summed E-state index contributed by atoms with van der Waals surface area (Å²) >= 11 is 0.896. The van der Waals surface area contributed by atoms with Crippen LogP contribution in [-0.4, -0.2) is 34.2 Å². The van der Waals surface area contributed by atoms with E-state index >= 15 is 0 Å². The van der Waals surface area contributed by atoms with Crippen molar-refractivity contribution >= 4 is 35.0 Å². The first-order valence-electron chi connectivity index (χ1n) is 10.3. The second-order valence-corrected chi connectivity index (χ2v) is 8.52. The van der Waals surface area contributed by atoms with E-state index in [0.29, 0.717) is 27.7 Å². The molecule has 1 saturated heterocycles. The van der Waals surface area contributed by atoms with E-state index in [0.717, 1.165) is 22.9 Å². The number of carboxylic acid groups (broad SMARTS) is 1. The maximum atomic E-state index is 12.8. The van der Waals surface area contributed by atoms with Crippen LogP contribution in [0.3, 0.4) is 0 Å². The first-order chi connectivity index (χ1) is 16.3. The van der Waals surface area contributed by atoms with Crippen molar-refractivity contribution in [2.75, 3.05) is 7.11 Å². The average molecular weight is 480 g/mol. The van der Waals surface area contributed by atoms with E-state index in [-0.39, 0.29) is 30.1 Å². The topological polar surface area (TPSA) is 106 Å². The molecule has 2 amide bonds. The fourth-order valence-corrected chi connectivity index (χ4v) is 4.23. The number of rotatable bonds is 8. The standard InChI is InChI=1S/C25H21NO7S/c1-15-4-3-5-17(10-15)13-26-23(27)22(34-25(26)30)12-16-6-8-19(21(11-16)31-2)32-14-18-7-9-20(33-18)24(28)29/h3-12H,13-14H2,1-2H3,(H,28,29). The highest BCUT2D eigenvalue weighted by Crippen LogP contribution is 2.35. The molecule has 174 valence electrons. The smallest absolute Gasteiger partial charge is 0.371 e. The third-order valence-electron chi connectivity index (χ3n) is 5.02. The van der Waals surface area contributed by atoms with Crippen molar-refractivity contribution in [2.45, 2.75) is 20.1 Å². The Balaban J connectivity index is 1.47. The predicted molar refractivity (Wildman–Crippen MR) is 126 cm³/mol. The Morgan fingerprint density at radius 3 is 2.65 bits per heavy atom. The maximum absolute atomic E-state index is 12.8. The zero-order valence-corrected chi connectivity index (χ0v) is 19.3. The van der Waals surface area contributed by atoms with Crippen LogP contribution in [0.15, 0.2) is 63.9 Å². The Kier molecular flexibility index (Phi) is 6.74. The lowest BCUT2D eigenvalue weighted by Crippen LogP contribution is -2.27. The molecule has 1 N–H and O–H groups in total. The molecule has 1 aromatic heterocycles. The highest BCUT2D eigenvalue weighted by molar-refractivity contribution is 8.18. The van der Waals surface area contributed by atoms with Crippen LogP contribution in [0.1, 0.15) is 33.0 Å². The van der Waals surface area contributed by atoms with Crippen LogP contribution in [0.4, 0.5) is 4.79 Å². The van der Waals surface area contributed by atoms with Gasteiger partial charge in [0.2, 0.25) is 5.76 Å². The van der Waals surface area contributed by atoms with Gasteiger partial charge in [0, 0.05) is 0 Å². The molecule has 2 aromatic carbocycles. The van der Waals surface area contributed by atoms with Crippen molar-refractivity contribution in [3.63, 3.8) is 0 Å². The molecule has 0 radical (unpaired) electrons. The molecule has 0 spiro atoms. The second-order valence-electron chi connectivity index (χ2n) is 7.53. The first kappa shape index (κ1) is 23.2. The number of amides is 2. The molecule has 2 heterocycles. The Labute approximate surface area is 199 Å². The average Bonchev–Trinajstić information content (AvgIpc) is 3.39. The number of carboxylic acids is 1. The number of hydrogen-bond donors (Lipinski definition) is 1. The minimum atomic E-state index is -1.16. The number of aryl methyl sites for hydroxylation is 1. The van der Waals surface area contributed by atoms with Crippen molar-refractivity contribution in [1.82, 2.24) is 4.90 Å². The van der Waals surface area contributed by atoms with Crippen LogP contribution >= 0.6 is 11.8 Å². The van der Waals surface area contributed by atoms with Gasteiger partial charge in [0.1, 0.15) is 12.4 Å². The summed E-state index contributed by atoms with van der Waals surface area (Å²) in [7, 11) is 1.48. The molecule has 0 unspecified atom stereocenters. The van der Waals surface area contributed by atoms with E-state index in [9.17, 15) is 14.4 Å². The zero-order valence-electron chi connectivity index (χ0n) is 18.4. The van der Waals surface area contributed by atoms with Crippen LogP contribution in [0.5, 0.6) is 11.5 Å². The third-order valence-corrected chi connectivity index (χ3v) is 5.93. The first-order valence-corrected chi connectivity index (χ1v) is 11.1. The van der Waals surface area contributed by atoms with Crippen LogP contribution in [-0.2, 0) is 17.9 Å². The Bertz CT molecular complexity index is 1290. The summed E-state index contributed by atoms with van der Waals surface area (Å²) in [5, 5.41) is 8.62. The minimum Gasteiger partial charge on any atom is -0.493 e. The molecule has 0 saturated carbocycles. The van der Waals surface area contributed by atoms with Crippen molar-refractivity contribution in [2.24, 2.45) is 0 Å². The molecule has 0 atom stereocenters. The number of carbonyl (C=O) groups excluding carboxylic acids is 2. The van der Waals surface area contributed by atoms with Gasteiger partial charge in [-0.15, -0.1) is 0 Å². The normalized spacial score (nSPS) is 14.6. The van der Waals surface area contributed by atoms with Crippen LogP contribution in [0.2, 0.25) is 0 Å². The summed E-state index contributed by atoms with van der Waals surface area (Å²) < 4.78 is 16.3. The van der Waals surface area contributed by atoms with Crippen LogP contribution < -0.4 is 9.47 Å². The molecule has 0 aliphatic carbocycles. The van der Waals surface area contributed by atoms with Gasteiger partial charge in [-0.2, -0.15) is 0 Å². The van der Waals surface area contributed by atoms with E-state index in [1.54, 1.807) is 24.3 Å². The summed E-state index contributed by atoms with van der Waals surface area (Å²) in [6.45, 7) is 2.19. The fourth-order valence-electron chi connectivity index (χ4n) is 3.39. The number of nitrogens with zero attached hydrogens (tertiary/aromatic N) is 1. The number of methoxy groups -OCH3 is 1. The Morgan fingerprint density at radius 2 is 1.94 bits per heavy atom. The van der Waals surface area contributed by atoms with Crippen molar-refractivity contribution in [3.8, 4) is 11.5 Å². The molecular formula is C25H21NO7S. The lowest BCUT2D eigenvalue weighted by atomic mass is 10.1. The van der Waals surface area contributed by atoms with Gasteiger partial charge in [0.25, 0.3) is 11.1 Å². The third kappa shape index (κ3) is 5.15. The van der Waals surface area contributed by atoms with E-state index in [2.05, 4.69) is 0 Å². The van der Waals surface area contributed by atoms with Gasteiger partial charge >= 0.3 is 5.97 Å². The number of imide groups is 1. The number of furan rings is 1. The molecule has 1 fully saturated rings.